The van der Waals surface area contributed by atoms with E-state index in [9.17, 15) is 4.79 Å². The van der Waals surface area contributed by atoms with Crippen molar-refractivity contribution in [2.24, 2.45) is 0 Å². The fourth-order valence-electron chi connectivity index (χ4n) is 1.02. The van der Waals surface area contributed by atoms with Gasteiger partial charge >= 0.3 is 0 Å². The van der Waals surface area contributed by atoms with E-state index >= 15 is 0 Å². The van der Waals surface area contributed by atoms with Gasteiger partial charge in [-0.1, -0.05) is 32.4 Å². The van der Waals surface area contributed by atoms with Crippen LogP contribution in [0.1, 0.15) is 26.3 Å². The van der Waals surface area contributed by atoms with Crippen molar-refractivity contribution >= 4 is 12.2 Å². The van der Waals surface area contributed by atoms with Crippen LogP contribution in [0.4, 0.5) is 5.82 Å². The normalized spacial score (nSPS) is 10.2. The monoisotopic (exact) mass is 364 g/mol. The smallest absolute Gasteiger partial charge is 0.0703 e. The molecule has 77 valence electrons. The minimum Gasteiger partial charge on any atom is -0.475 e. The van der Waals surface area contributed by atoms with Crippen molar-refractivity contribution in [2.75, 3.05) is 5.32 Å². The molecule has 0 aliphatic carbocycles. The van der Waals surface area contributed by atoms with Gasteiger partial charge in [0.15, 0.2) is 0 Å². The van der Waals surface area contributed by atoms with E-state index in [-0.39, 0.29) is 25.8 Å². The van der Waals surface area contributed by atoms with Crippen LogP contribution < -0.4 is 5.32 Å². The summed E-state index contributed by atoms with van der Waals surface area (Å²) in [5.41, 5.74) is 1.21. The zero-order valence-corrected chi connectivity index (χ0v) is 11.2. The summed E-state index contributed by atoms with van der Waals surface area (Å²) in [4.78, 5) is 14.0. The molecule has 0 aromatic carbocycles. The molecule has 1 N–H and O–H groups in total. The molecule has 1 heterocycles. The van der Waals surface area contributed by atoms with Crippen LogP contribution in [0, 0.1) is 0 Å². The standard InChI is InChI=1S/C10H13N2O.Re/c1-10(2,3)8-4-5-11-9(6-8)12-7-13;/h4-6H,1-3H3,(H,11,12,13);/q-1;. The summed E-state index contributed by atoms with van der Waals surface area (Å²) in [5.74, 6) is 0.544. The van der Waals surface area contributed by atoms with Gasteiger partial charge in [0.2, 0.25) is 0 Å². The number of hydrogen-bond donors (Lipinski definition) is 1. The summed E-state index contributed by atoms with van der Waals surface area (Å²) in [5, 5.41) is 2.40. The van der Waals surface area contributed by atoms with E-state index in [1.807, 2.05) is 12.1 Å². The first-order valence-electron chi connectivity index (χ1n) is 4.14. The summed E-state index contributed by atoms with van der Waals surface area (Å²) in [6, 6.07) is 3.79. The number of carbonyl (C=O) groups excluding carboxylic acids is 1. The second kappa shape index (κ2) is 5.23. The summed E-state index contributed by atoms with van der Waals surface area (Å²) in [6.45, 7) is 6.32. The Labute approximate surface area is 98.0 Å². The second-order valence-corrected chi connectivity index (χ2v) is 3.91. The number of aromatic nitrogens is 1. The van der Waals surface area contributed by atoms with Gasteiger partial charge in [-0.3, -0.25) is 0 Å². The number of nitrogens with one attached hydrogen (secondary N) is 1. The minimum absolute atomic E-state index is 0. The van der Waals surface area contributed by atoms with E-state index < -0.39 is 0 Å². The topological polar surface area (TPSA) is 42.0 Å². The first-order valence-corrected chi connectivity index (χ1v) is 4.14. The van der Waals surface area contributed by atoms with Gasteiger partial charge in [0, 0.05) is 26.6 Å². The molecule has 0 spiro atoms. The first-order chi connectivity index (χ1) is 6.04. The molecule has 1 rings (SSSR count). The Morgan fingerprint density at radius 1 is 1.43 bits per heavy atom. The molecule has 0 fully saturated rings. The summed E-state index contributed by atoms with van der Waals surface area (Å²) < 4.78 is 0. The van der Waals surface area contributed by atoms with E-state index in [1.165, 1.54) is 0 Å². The van der Waals surface area contributed by atoms with Gasteiger partial charge in [-0.2, -0.15) is 0 Å². The molecule has 1 aromatic rings. The molecule has 0 unspecified atom stereocenters. The Hall–Kier alpha value is -0.718. The Balaban J connectivity index is 0.00000169. The Morgan fingerprint density at radius 3 is 2.57 bits per heavy atom. The summed E-state index contributed by atoms with van der Waals surface area (Å²) in [6.07, 6.45) is 3.28. The molecule has 0 saturated heterocycles. The number of amides is 1. The van der Waals surface area contributed by atoms with Crippen LogP contribution in [-0.2, 0) is 30.6 Å². The molecule has 1 amide bonds. The second-order valence-electron chi connectivity index (χ2n) is 3.91. The van der Waals surface area contributed by atoms with Gasteiger partial charge in [0.05, 0.1) is 6.41 Å². The molecule has 4 heteroatoms. The predicted octanol–water partition coefficient (Wildman–Crippen LogP) is 1.86. The SMILES string of the molecule is CC(C)(C)c1ccnc(N[C-]=O)c1.[Re]. The third-order valence-electron chi connectivity index (χ3n) is 1.81. The number of rotatable bonds is 2. The van der Waals surface area contributed by atoms with Crippen molar-refractivity contribution in [3.63, 3.8) is 0 Å². The van der Waals surface area contributed by atoms with Crippen molar-refractivity contribution in [3.05, 3.63) is 23.9 Å². The molecule has 0 atom stereocenters. The fourth-order valence-corrected chi connectivity index (χ4v) is 1.02. The van der Waals surface area contributed by atoms with E-state index in [1.54, 1.807) is 12.6 Å². The summed E-state index contributed by atoms with van der Waals surface area (Å²) >= 11 is 0. The Morgan fingerprint density at radius 2 is 2.07 bits per heavy atom. The van der Waals surface area contributed by atoms with Crippen LogP contribution >= 0.6 is 0 Å². The van der Waals surface area contributed by atoms with Gasteiger partial charge in [0.25, 0.3) is 0 Å². The zero-order chi connectivity index (χ0) is 9.90. The van der Waals surface area contributed by atoms with Crippen LogP contribution in [-0.4, -0.2) is 11.4 Å². The molecule has 0 aliphatic heterocycles. The van der Waals surface area contributed by atoms with E-state index in [0.29, 0.717) is 5.82 Å². The van der Waals surface area contributed by atoms with E-state index in [4.69, 9.17) is 0 Å². The first kappa shape index (κ1) is 13.3. The largest absolute Gasteiger partial charge is 0.475 e. The molecular weight excluding hydrogens is 350 g/mol. The molecule has 0 aliphatic rings. The maximum Gasteiger partial charge on any atom is 0.0703 e. The van der Waals surface area contributed by atoms with Crippen molar-refractivity contribution in [1.82, 2.24) is 4.98 Å². The third kappa shape index (κ3) is 3.57. The fraction of sp³-hybridized carbons (Fsp3) is 0.400. The van der Waals surface area contributed by atoms with Crippen molar-refractivity contribution in [1.29, 1.82) is 0 Å². The molecule has 0 bridgehead atoms. The van der Waals surface area contributed by atoms with Gasteiger partial charge in [-0.15, -0.1) is 0 Å². The van der Waals surface area contributed by atoms with Crippen LogP contribution in [0.2, 0.25) is 0 Å². The maximum absolute atomic E-state index is 10.1. The summed E-state index contributed by atoms with van der Waals surface area (Å²) in [7, 11) is 0. The van der Waals surface area contributed by atoms with Crippen molar-refractivity contribution in [3.8, 4) is 0 Å². The molecule has 14 heavy (non-hydrogen) atoms. The number of pyridine rings is 1. The average molecular weight is 363 g/mol. The van der Waals surface area contributed by atoms with Gasteiger partial charge in [-0.05, 0) is 17.3 Å². The number of nitrogens with zero attached hydrogens (tertiary/aromatic N) is 1. The maximum atomic E-state index is 10.1. The van der Waals surface area contributed by atoms with Crippen LogP contribution in [0.5, 0.6) is 0 Å². The van der Waals surface area contributed by atoms with Crippen LogP contribution in [0.3, 0.4) is 0 Å². The minimum atomic E-state index is 0. The van der Waals surface area contributed by atoms with Gasteiger partial charge in [-0.25, -0.2) is 0 Å². The third-order valence-corrected chi connectivity index (χ3v) is 1.81. The molecule has 1 radical (unpaired) electrons. The molecule has 3 nitrogen and oxygen atoms in total. The predicted molar refractivity (Wildman–Crippen MR) is 52.3 cm³/mol. The van der Waals surface area contributed by atoms with Crippen LogP contribution in [0.25, 0.3) is 0 Å². The quantitative estimate of drug-likeness (QED) is 0.644. The molecular formula is C10H13N2ORe-. The zero-order valence-electron chi connectivity index (χ0n) is 8.47. The van der Waals surface area contributed by atoms with Crippen molar-refractivity contribution in [2.45, 2.75) is 26.2 Å². The average Bonchev–Trinajstić information content (AvgIpc) is 2.04. The van der Waals surface area contributed by atoms with Gasteiger partial charge < -0.3 is 15.1 Å². The van der Waals surface area contributed by atoms with Crippen LogP contribution in [0.15, 0.2) is 18.3 Å². The van der Waals surface area contributed by atoms with E-state index in [2.05, 4.69) is 31.1 Å². The molecule has 1 aromatic heterocycles. The van der Waals surface area contributed by atoms with Crippen molar-refractivity contribution < 1.29 is 25.2 Å². The Kier molecular flexibility index (Phi) is 4.97. The number of anilines is 1. The Bertz CT molecular complexity index is 307. The van der Waals surface area contributed by atoms with E-state index in [0.717, 1.165) is 5.56 Å². The number of hydrogen-bond acceptors (Lipinski definition) is 2. The van der Waals surface area contributed by atoms with Gasteiger partial charge in [0.1, 0.15) is 0 Å². The molecule has 0 saturated carbocycles.